The molecule has 0 spiro atoms. The van der Waals surface area contributed by atoms with E-state index in [4.69, 9.17) is 4.42 Å². The van der Waals surface area contributed by atoms with Gasteiger partial charge in [-0.2, -0.15) is 0 Å². The Kier molecular flexibility index (Phi) is 3.27. The molecule has 1 fully saturated rings. The number of carbonyl (C=O) groups is 2. The topological polar surface area (TPSA) is 62.6 Å². The van der Waals surface area contributed by atoms with E-state index in [0.717, 1.165) is 4.90 Å². The summed E-state index contributed by atoms with van der Waals surface area (Å²) < 4.78 is 18.7. The molecule has 0 unspecified atom stereocenters. The summed E-state index contributed by atoms with van der Waals surface area (Å²) in [5, 5.41) is 2.45. The average molecular weight is 286 g/mol. The minimum absolute atomic E-state index is 0.103. The molecule has 1 N–H and O–H groups in total. The number of halogens is 1. The molecule has 21 heavy (non-hydrogen) atoms. The molecule has 6 heteroatoms. The maximum absolute atomic E-state index is 13.6. The second-order valence-electron chi connectivity index (χ2n) is 4.49. The van der Waals surface area contributed by atoms with Gasteiger partial charge in [0, 0.05) is 11.6 Å². The first-order valence-electron chi connectivity index (χ1n) is 6.26. The van der Waals surface area contributed by atoms with Crippen LogP contribution in [-0.2, 0) is 11.3 Å². The molecule has 0 saturated carbocycles. The van der Waals surface area contributed by atoms with Crippen molar-refractivity contribution in [3.63, 3.8) is 0 Å². The van der Waals surface area contributed by atoms with E-state index >= 15 is 0 Å². The Morgan fingerprint density at radius 3 is 2.71 bits per heavy atom. The molecule has 3 amide bonds. The predicted molar refractivity (Wildman–Crippen MR) is 72.2 cm³/mol. The van der Waals surface area contributed by atoms with E-state index in [2.05, 4.69) is 5.32 Å². The third-order valence-corrected chi connectivity index (χ3v) is 3.08. The Balaban J connectivity index is 1.83. The largest absolute Gasteiger partial charge is 0.465 e. The zero-order chi connectivity index (χ0) is 14.8. The summed E-state index contributed by atoms with van der Waals surface area (Å²) in [6.45, 7) is -0.118. The standard InChI is InChI=1S/C15H11FN2O3/c16-12-6-2-1-4-10(12)9-18-14(19)13(17-15(18)20)8-11-5-3-7-21-11/h1-8H,9H2,(H,17,20)/b13-8+. The number of rotatable bonds is 3. The normalized spacial score (nSPS) is 16.6. The molecule has 106 valence electrons. The zero-order valence-electron chi connectivity index (χ0n) is 10.9. The Labute approximate surface area is 119 Å². The third-order valence-electron chi connectivity index (χ3n) is 3.08. The van der Waals surface area contributed by atoms with Gasteiger partial charge in [0.1, 0.15) is 17.3 Å². The van der Waals surface area contributed by atoms with E-state index in [9.17, 15) is 14.0 Å². The Morgan fingerprint density at radius 1 is 1.19 bits per heavy atom. The highest BCUT2D eigenvalue weighted by molar-refractivity contribution is 6.13. The molecular formula is C15H11FN2O3. The van der Waals surface area contributed by atoms with Crippen LogP contribution in [0.15, 0.2) is 52.8 Å². The summed E-state index contributed by atoms with van der Waals surface area (Å²) >= 11 is 0. The van der Waals surface area contributed by atoms with Crippen LogP contribution in [0.25, 0.3) is 6.08 Å². The van der Waals surface area contributed by atoms with Crippen LogP contribution in [0.4, 0.5) is 9.18 Å². The second-order valence-corrected chi connectivity index (χ2v) is 4.49. The van der Waals surface area contributed by atoms with E-state index in [1.54, 1.807) is 24.3 Å². The molecule has 0 atom stereocenters. The zero-order valence-corrected chi connectivity index (χ0v) is 10.9. The highest BCUT2D eigenvalue weighted by Crippen LogP contribution is 2.18. The number of furan rings is 1. The van der Waals surface area contributed by atoms with Crippen LogP contribution < -0.4 is 5.32 Å². The third kappa shape index (κ3) is 2.55. The van der Waals surface area contributed by atoms with Crippen molar-refractivity contribution in [1.29, 1.82) is 0 Å². The van der Waals surface area contributed by atoms with E-state index in [1.165, 1.54) is 24.5 Å². The van der Waals surface area contributed by atoms with Gasteiger partial charge in [-0.05, 0) is 18.2 Å². The van der Waals surface area contributed by atoms with Gasteiger partial charge < -0.3 is 9.73 Å². The molecule has 3 rings (SSSR count). The number of imide groups is 1. The van der Waals surface area contributed by atoms with Gasteiger partial charge in [-0.3, -0.25) is 9.69 Å². The van der Waals surface area contributed by atoms with Crippen LogP contribution in [0.5, 0.6) is 0 Å². The first-order valence-corrected chi connectivity index (χ1v) is 6.26. The van der Waals surface area contributed by atoms with Crippen molar-refractivity contribution in [2.45, 2.75) is 6.54 Å². The number of hydrogen-bond donors (Lipinski definition) is 1. The summed E-state index contributed by atoms with van der Waals surface area (Å²) in [6.07, 6.45) is 2.90. The van der Waals surface area contributed by atoms with Crippen LogP contribution in [-0.4, -0.2) is 16.8 Å². The molecule has 1 aromatic carbocycles. The van der Waals surface area contributed by atoms with E-state index in [-0.39, 0.29) is 17.8 Å². The van der Waals surface area contributed by atoms with Gasteiger partial charge in [0.05, 0.1) is 12.8 Å². The van der Waals surface area contributed by atoms with Crippen molar-refractivity contribution in [2.75, 3.05) is 0 Å². The molecule has 0 aliphatic carbocycles. The maximum atomic E-state index is 13.6. The van der Waals surface area contributed by atoms with Crippen molar-refractivity contribution < 1.29 is 18.4 Å². The molecule has 1 aliphatic heterocycles. The van der Waals surface area contributed by atoms with Crippen molar-refractivity contribution in [3.05, 3.63) is 65.5 Å². The Bertz CT molecular complexity index is 722. The molecule has 0 bridgehead atoms. The number of nitrogens with zero attached hydrogens (tertiary/aromatic N) is 1. The molecule has 1 aromatic heterocycles. The average Bonchev–Trinajstić information content (AvgIpc) is 3.05. The molecule has 0 radical (unpaired) electrons. The van der Waals surface area contributed by atoms with E-state index in [1.807, 2.05) is 0 Å². The molecule has 1 saturated heterocycles. The monoisotopic (exact) mass is 286 g/mol. The summed E-state index contributed by atoms with van der Waals surface area (Å²) in [6, 6.07) is 8.76. The van der Waals surface area contributed by atoms with Gasteiger partial charge in [-0.15, -0.1) is 0 Å². The van der Waals surface area contributed by atoms with E-state index < -0.39 is 17.8 Å². The van der Waals surface area contributed by atoms with Gasteiger partial charge >= 0.3 is 6.03 Å². The van der Waals surface area contributed by atoms with Crippen LogP contribution in [0.2, 0.25) is 0 Å². The summed E-state index contributed by atoms with van der Waals surface area (Å²) in [4.78, 5) is 25.0. The Hall–Kier alpha value is -2.89. The number of hydrogen-bond acceptors (Lipinski definition) is 3. The number of benzene rings is 1. The van der Waals surface area contributed by atoms with Crippen LogP contribution in [0.3, 0.4) is 0 Å². The lowest BCUT2D eigenvalue weighted by molar-refractivity contribution is -0.123. The maximum Gasteiger partial charge on any atom is 0.329 e. The van der Waals surface area contributed by atoms with Crippen molar-refractivity contribution in [3.8, 4) is 0 Å². The van der Waals surface area contributed by atoms with Crippen molar-refractivity contribution in [1.82, 2.24) is 10.2 Å². The van der Waals surface area contributed by atoms with Gasteiger partial charge in [0.15, 0.2) is 0 Å². The van der Waals surface area contributed by atoms with Crippen LogP contribution in [0.1, 0.15) is 11.3 Å². The number of urea groups is 1. The van der Waals surface area contributed by atoms with Gasteiger partial charge in [-0.25, -0.2) is 9.18 Å². The second kappa shape index (κ2) is 5.24. The lowest BCUT2D eigenvalue weighted by Crippen LogP contribution is -2.30. The Morgan fingerprint density at radius 2 is 2.00 bits per heavy atom. The number of nitrogens with one attached hydrogen (secondary N) is 1. The highest BCUT2D eigenvalue weighted by Gasteiger charge is 2.34. The quantitative estimate of drug-likeness (QED) is 0.696. The van der Waals surface area contributed by atoms with Crippen LogP contribution in [0, 0.1) is 5.82 Å². The van der Waals surface area contributed by atoms with Crippen molar-refractivity contribution >= 4 is 18.0 Å². The molecule has 2 aromatic rings. The molecule has 1 aliphatic rings. The van der Waals surface area contributed by atoms with Crippen molar-refractivity contribution in [2.24, 2.45) is 0 Å². The van der Waals surface area contributed by atoms with Gasteiger partial charge in [-0.1, -0.05) is 18.2 Å². The van der Waals surface area contributed by atoms with Gasteiger partial charge in [0.2, 0.25) is 0 Å². The lowest BCUT2D eigenvalue weighted by Gasteiger charge is -2.12. The number of carbonyl (C=O) groups excluding carboxylic acids is 2. The fourth-order valence-corrected chi connectivity index (χ4v) is 2.03. The lowest BCUT2D eigenvalue weighted by atomic mass is 10.2. The fourth-order valence-electron chi connectivity index (χ4n) is 2.03. The summed E-state index contributed by atoms with van der Waals surface area (Å²) in [7, 11) is 0. The highest BCUT2D eigenvalue weighted by atomic mass is 19.1. The van der Waals surface area contributed by atoms with Crippen LogP contribution >= 0.6 is 0 Å². The summed E-state index contributed by atoms with van der Waals surface area (Å²) in [5.41, 5.74) is 0.381. The minimum Gasteiger partial charge on any atom is -0.465 e. The predicted octanol–water partition coefficient (Wildman–Crippen LogP) is 2.51. The SMILES string of the molecule is O=C1N/C(=C/c2ccco2)C(=O)N1Cc1ccccc1F. The molecule has 2 heterocycles. The first kappa shape index (κ1) is 13.1. The minimum atomic E-state index is -0.582. The molecule has 5 nitrogen and oxygen atoms in total. The summed E-state index contributed by atoms with van der Waals surface area (Å²) in [5.74, 6) is -0.521. The molecular weight excluding hydrogens is 275 g/mol. The van der Waals surface area contributed by atoms with Gasteiger partial charge in [0.25, 0.3) is 5.91 Å². The first-order chi connectivity index (χ1) is 10.1. The smallest absolute Gasteiger partial charge is 0.329 e. The number of amides is 3. The van der Waals surface area contributed by atoms with E-state index in [0.29, 0.717) is 5.76 Å². The fraction of sp³-hybridized carbons (Fsp3) is 0.0667.